The van der Waals surface area contributed by atoms with E-state index in [1.807, 2.05) is 32.0 Å². The average Bonchev–Trinajstić information content (AvgIpc) is 2.34. The first-order valence-corrected chi connectivity index (χ1v) is 6.19. The third kappa shape index (κ3) is 2.68. The summed E-state index contributed by atoms with van der Waals surface area (Å²) in [4.78, 5) is 12.0. The summed E-state index contributed by atoms with van der Waals surface area (Å²) in [7, 11) is 0. The number of nitrogens with zero attached hydrogens (tertiary/aromatic N) is 2. The van der Waals surface area contributed by atoms with Crippen molar-refractivity contribution in [2.24, 2.45) is 0 Å². The highest BCUT2D eigenvalue weighted by atomic mass is 32.2. The van der Waals surface area contributed by atoms with Crippen molar-refractivity contribution < 1.29 is 9.90 Å². The van der Waals surface area contributed by atoms with Crippen molar-refractivity contribution in [3.63, 3.8) is 0 Å². The van der Waals surface area contributed by atoms with Gasteiger partial charge < -0.3 is 5.11 Å². The fourth-order valence-corrected chi connectivity index (χ4v) is 2.39. The molecule has 0 saturated carbocycles. The monoisotopic (exact) mass is 260 g/mol. The van der Waals surface area contributed by atoms with Gasteiger partial charge in [0.1, 0.15) is 5.03 Å². The van der Waals surface area contributed by atoms with E-state index >= 15 is 0 Å². The van der Waals surface area contributed by atoms with Crippen LogP contribution in [0.5, 0.6) is 0 Å². The maximum Gasteiger partial charge on any atom is 0.338 e. The first-order chi connectivity index (χ1) is 8.58. The number of hydrogen-bond acceptors (Lipinski definition) is 4. The van der Waals surface area contributed by atoms with E-state index < -0.39 is 5.97 Å². The smallest absolute Gasteiger partial charge is 0.338 e. The van der Waals surface area contributed by atoms with Gasteiger partial charge in [-0.15, -0.1) is 5.10 Å². The highest BCUT2D eigenvalue weighted by Crippen LogP contribution is 2.29. The Balaban J connectivity index is 2.34. The second kappa shape index (κ2) is 5.18. The second-order valence-electron chi connectivity index (χ2n) is 3.90. The number of aryl methyl sites for hydroxylation is 2. The number of benzene rings is 1. The van der Waals surface area contributed by atoms with Crippen LogP contribution in [0, 0.1) is 13.8 Å². The molecule has 0 fully saturated rings. The van der Waals surface area contributed by atoms with Gasteiger partial charge in [-0.1, -0.05) is 17.8 Å². The van der Waals surface area contributed by atoms with E-state index in [1.165, 1.54) is 35.2 Å². The van der Waals surface area contributed by atoms with E-state index in [2.05, 4.69) is 10.2 Å². The third-order valence-electron chi connectivity index (χ3n) is 2.61. The standard InChI is InChI=1S/C13H12N2O2S/c1-8-3-4-10(7-9(8)2)18-12-11(13(16)17)5-6-14-15-12/h3-7H,1-2H3,(H,16,17). The molecule has 2 rings (SSSR count). The number of aromatic nitrogens is 2. The quantitative estimate of drug-likeness (QED) is 0.919. The molecule has 2 aromatic rings. The Hall–Kier alpha value is -1.88. The van der Waals surface area contributed by atoms with Crippen LogP contribution in [0.3, 0.4) is 0 Å². The van der Waals surface area contributed by atoms with E-state index in [9.17, 15) is 4.79 Å². The zero-order valence-electron chi connectivity index (χ0n) is 10.0. The highest BCUT2D eigenvalue weighted by Gasteiger charge is 2.12. The van der Waals surface area contributed by atoms with E-state index in [-0.39, 0.29) is 5.56 Å². The molecule has 0 aliphatic heterocycles. The van der Waals surface area contributed by atoms with Crippen LogP contribution >= 0.6 is 11.8 Å². The topological polar surface area (TPSA) is 63.1 Å². The first-order valence-electron chi connectivity index (χ1n) is 5.38. The summed E-state index contributed by atoms with van der Waals surface area (Å²) >= 11 is 1.31. The number of rotatable bonds is 3. The summed E-state index contributed by atoms with van der Waals surface area (Å²) in [6, 6.07) is 7.43. The molecule has 0 unspecified atom stereocenters. The molecular weight excluding hydrogens is 248 g/mol. The molecule has 92 valence electrons. The van der Waals surface area contributed by atoms with Crippen LogP contribution in [0.4, 0.5) is 0 Å². The lowest BCUT2D eigenvalue weighted by Gasteiger charge is -2.05. The summed E-state index contributed by atoms with van der Waals surface area (Å²) in [5.41, 5.74) is 2.55. The van der Waals surface area contributed by atoms with Gasteiger partial charge in [-0.05, 0) is 43.2 Å². The molecule has 5 heteroatoms. The minimum Gasteiger partial charge on any atom is -0.478 e. The molecule has 0 radical (unpaired) electrons. The Morgan fingerprint density at radius 2 is 2.00 bits per heavy atom. The van der Waals surface area contributed by atoms with E-state index in [0.717, 1.165) is 4.90 Å². The minimum absolute atomic E-state index is 0.174. The lowest BCUT2D eigenvalue weighted by molar-refractivity contribution is 0.0692. The number of carboxylic acids is 1. The molecule has 1 aromatic heterocycles. The van der Waals surface area contributed by atoms with Gasteiger partial charge in [-0.25, -0.2) is 4.79 Å². The van der Waals surface area contributed by atoms with Crippen LogP contribution in [0.25, 0.3) is 0 Å². The Labute approximate surface area is 109 Å². The summed E-state index contributed by atoms with van der Waals surface area (Å²) in [6.07, 6.45) is 1.38. The van der Waals surface area contributed by atoms with E-state index in [1.54, 1.807) is 0 Å². The van der Waals surface area contributed by atoms with Crippen LogP contribution in [0.15, 0.2) is 40.4 Å². The molecular formula is C13H12N2O2S. The van der Waals surface area contributed by atoms with Crippen molar-refractivity contribution in [2.75, 3.05) is 0 Å². The van der Waals surface area contributed by atoms with Crippen molar-refractivity contribution in [3.05, 3.63) is 47.2 Å². The van der Waals surface area contributed by atoms with Crippen LogP contribution in [-0.2, 0) is 0 Å². The van der Waals surface area contributed by atoms with Gasteiger partial charge in [0, 0.05) is 4.90 Å². The second-order valence-corrected chi connectivity index (χ2v) is 4.97. The number of carbonyl (C=O) groups is 1. The molecule has 0 aliphatic rings. The molecule has 0 bridgehead atoms. The summed E-state index contributed by atoms with van der Waals surface area (Å²) in [6.45, 7) is 4.06. The van der Waals surface area contributed by atoms with E-state index in [0.29, 0.717) is 5.03 Å². The Morgan fingerprint density at radius 1 is 1.22 bits per heavy atom. The van der Waals surface area contributed by atoms with Crippen LogP contribution < -0.4 is 0 Å². The van der Waals surface area contributed by atoms with Gasteiger partial charge in [0.05, 0.1) is 11.8 Å². The number of carboxylic acid groups (broad SMARTS) is 1. The summed E-state index contributed by atoms with van der Waals surface area (Å²) in [5.74, 6) is -0.990. The van der Waals surface area contributed by atoms with Crippen LogP contribution in [0.2, 0.25) is 0 Å². The fourth-order valence-electron chi connectivity index (χ4n) is 1.45. The van der Waals surface area contributed by atoms with Crippen molar-refractivity contribution >= 4 is 17.7 Å². The van der Waals surface area contributed by atoms with Gasteiger partial charge in [0.2, 0.25) is 0 Å². The van der Waals surface area contributed by atoms with Crippen LogP contribution in [-0.4, -0.2) is 21.3 Å². The molecule has 0 amide bonds. The number of hydrogen-bond donors (Lipinski definition) is 1. The zero-order valence-corrected chi connectivity index (χ0v) is 10.9. The van der Waals surface area contributed by atoms with Gasteiger partial charge in [0.15, 0.2) is 0 Å². The Morgan fingerprint density at radius 3 is 2.67 bits per heavy atom. The molecule has 0 spiro atoms. The lowest BCUT2D eigenvalue weighted by atomic mass is 10.1. The summed E-state index contributed by atoms with van der Waals surface area (Å²) in [5, 5.41) is 17.1. The van der Waals surface area contributed by atoms with Crippen LogP contribution in [0.1, 0.15) is 21.5 Å². The molecule has 0 saturated heterocycles. The SMILES string of the molecule is Cc1ccc(Sc2nnccc2C(=O)O)cc1C. The zero-order chi connectivity index (χ0) is 13.1. The molecule has 1 aromatic carbocycles. The number of aromatic carboxylic acids is 1. The maximum atomic E-state index is 11.1. The van der Waals surface area contributed by atoms with Crippen molar-refractivity contribution in [1.29, 1.82) is 0 Å². The van der Waals surface area contributed by atoms with Crippen molar-refractivity contribution in [3.8, 4) is 0 Å². The van der Waals surface area contributed by atoms with Gasteiger partial charge in [-0.2, -0.15) is 5.10 Å². The lowest BCUT2D eigenvalue weighted by Crippen LogP contribution is -2.01. The Kier molecular flexibility index (Phi) is 3.62. The van der Waals surface area contributed by atoms with Gasteiger partial charge >= 0.3 is 5.97 Å². The maximum absolute atomic E-state index is 11.1. The highest BCUT2D eigenvalue weighted by molar-refractivity contribution is 7.99. The predicted octanol–water partition coefficient (Wildman–Crippen LogP) is 2.94. The molecule has 18 heavy (non-hydrogen) atoms. The molecule has 1 N–H and O–H groups in total. The molecule has 0 atom stereocenters. The summed E-state index contributed by atoms with van der Waals surface area (Å²) < 4.78 is 0. The largest absolute Gasteiger partial charge is 0.478 e. The molecule has 4 nitrogen and oxygen atoms in total. The minimum atomic E-state index is -0.990. The van der Waals surface area contributed by atoms with E-state index in [4.69, 9.17) is 5.11 Å². The third-order valence-corrected chi connectivity index (χ3v) is 3.59. The predicted molar refractivity (Wildman–Crippen MR) is 69.0 cm³/mol. The first kappa shape index (κ1) is 12.6. The molecule has 1 heterocycles. The normalized spacial score (nSPS) is 10.3. The Bertz CT molecular complexity index is 599. The van der Waals surface area contributed by atoms with Gasteiger partial charge in [0.25, 0.3) is 0 Å². The van der Waals surface area contributed by atoms with Crippen molar-refractivity contribution in [2.45, 2.75) is 23.8 Å². The van der Waals surface area contributed by atoms with Crippen molar-refractivity contribution in [1.82, 2.24) is 10.2 Å². The molecule has 0 aliphatic carbocycles. The fraction of sp³-hybridized carbons (Fsp3) is 0.154. The average molecular weight is 260 g/mol. The van der Waals surface area contributed by atoms with Gasteiger partial charge in [-0.3, -0.25) is 0 Å².